The van der Waals surface area contributed by atoms with E-state index in [0.717, 1.165) is 16.7 Å². The van der Waals surface area contributed by atoms with Crippen molar-refractivity contribution in [1.29, 1.82) is 0 Å². The Morgan fingerprint density at radius 2 is 1.82 bits per heavy atom. The summed E-state index contributed by atoms with van der Waals surface area (Å²) in [5.41, 5.74) is 2.70. The summed E-state index contributed by atoms with van der Waals surface area (Å²) in [4.78, 5) is 18.9. The monoisotopic (exact) mass is 450 g/mol. The number of aromatic nitrogens is 1. The van der Waals surface area contributed by atoms with E-state index in [0.29, 0.717) is 24.4 Å². The molecule has 1 aliphatic rings. The van der Waals surface area contributed by atoms with Crippen molar-refractivity contribution in [1.82, 2.24) is 9.88 Å². The van der Waals surface area contributed by atoms with Gasteiger partial charge in [-0.15, -0.1) is 0 Å². The molecular weight excluding hydrogens is 423 g/mol. The van der Waals surface area contributed by atoms with Gasteiger partial charge >= 0.3 is 6.09 Å². The number of methoxy groups -OCH3 is 1. The van der Waals surface area contributed by atoms with Crippen LogP contribution in [0.2, 0.25) is 0 Å². The molecule has 1 unspecified atom stereocenters. The van der Waals surface area contributed by atoms with Crippen molar-refractivity contribution in [3.05, 3.63) is 83.8 Å². The van der Waals surface area contributed by atoms with Gasteiger partial charge in [0.2, 0.25) is 5.88 Å². The molecule has 2 heterocycles. The van der Waals surface area contributed by atoms with Crippen molar-refractivity contribution < 1.29 is 23.8 Å². The van der Waals surface area contributed by atoms with E-state index in [2.05, 4.69) is 4.98 Å². The van der Waals surface area contributed by atoms with Crippen molar-refractivity contribution in [2.45, 2.75) is 31.4 Å². The van der Waals surface area contributed by atoms with Crippen molar-refractivity contribution in [3.8, 4) is 17.0 Å². The smallest absolute Gasteiger partial charge is 0.411 e. The molecule has 1 amide bonds. The summed E-state index contributed by atoms with van der Waals surface area (Å²) < 4.78 is 24.4. The van der Waals surface area contributed by atoms with Crippen molar-refractivity contribution in [2.75, 3.05) is 20.3 Å². The average Bonchev–Trinajstić information content (AvgIpc) is 2.84. The van der Waals surface area contributed by atoms with E-state index in [4.69, 9.17) is 9.47 Å². The van der Waals surface area contributed by atoms with E-state index in [1.165, 1.54) is 12.1 Å². The molecule has 1 saturated heterocycles. The van der Waals surface area contributed by atoms with Crippen LogP contribution in [0.15, 0.2) is 66.9 Å². The van der Waals surface area contributed by atoms with Crippen LogP contribution in [0.4, 0.5) is 9.18 Å². The summed E-state index contributed by atoms with van der Waals surface area (Å²) in [6, 6.07) is 17.5. The third-order valence-corrected chi connectivity index (χ3v) is 6.30. The quantitative estimate of drug-likeness (QED) is 0.544. The number of carbonyl (C=O) groups is 1. The molecule has 0 aliphatic carbocycles. The molecule has 172 valence electrons. The Balaban J connectivity index is 1.49. The number of rotatable bonds is 7. The number of pyridine rings is 1. The van der Waals surface area contributed by atoms with Crippen molar-refractivity contribution in [2.24, 2.45) is 0 Å². The predicted molar refractivity (Wildman–Crippen MR) is 122 cm³/mol. The van der Waals surface area contributed by atoms with Crippen LogP contribution in [0.3, 0.4) is 0 Å². The van der Waals surface area contributed by atoms with Gasteiger partial charge in [-0.3, -0.25) is 0 Å². The fourth-order valence-electron chi connectivity index (χ4n) is 4.28. The topological polar surface area (TPSA) is 71.9 Å². The molecule has 3 aromatic rings. The van der Waals surface area contributed by atoms with Gasteiger partial charge in [0.25, 0.3) is 0 Å². The highest BCUT2D eigenvalue weighted by molar-refractivity contribution is 5.70. The first-order chi connectivity index (χ1) is 16.0. The average molecular weight is 451 g/mol. The maximum atomic E-state index is 13.4. The number of hydrogen-bond acceptors (Lipinski definition) is 5. The van der Waals surface area contributed by atoms with Crippen LogP contribution in [-0.4, -0.2) is 41.3 Å². The van der Waals surface area contributed by atoms with Gasteiger partial charge < -0.3 is 19.5 Å². The zero-order chi connectivity index (χ0) is 23.4. The zero-order valence-corrected chi connectivity index (χ0v) is 18.7. The van der Waals surface area contributed by atoms with Gasteiger partial charge in [-0.05, 0) is 41.8 Å². The van der Waals surface area contributed by atoms with Gasteiger partial charge in [-0.1, -0.05) is 36.4 Å². The molecule has 1 aromatic heterocycles. The van der Waals surface area contributed by atoms with Crippen LogP contribution >= 0.6 is 0 Å². The highest BCUT2D eigenvalue weighted by Crippen LogP contribution is 2.39. The van der Waals surface area contributed by atoms with E-state index in [1.54, 1.807) is 30.3 Å². The van der Waals surface area contributed by atoms with Crippen LogP contribution in [0.1, 0.15) is 36.9 Å². The highest BCUT2D eigenvalue weighted by Gasteiger charge is 2.43. The standard InChI is InChI=1S/C26H27FN2O4/c1-18(19-3-5-20(6-4-19)21-7-12-24(32-2)28-17-21)29-15-13-26(14-16-30,33-25(29)31)22-8-10-23(27)11-9-22/h3-12,17-18,30H,13-16H2,1-2H3/t18-,26?/m0/s1. The summed E-state index contributed by atoms with van der Waals surface area (Å²) in [7, 11) is 1.58. The third-order valence-electron chi connectivity index (χ3n) is 6.30. The fraction of sp³-hybridized carbons (Fsp3) is 0.308. The lowest BCUT2D eigenvalue weighted by molar-refractivity contribution is -0.0718. The number of amides is 1. The van der Waals surface area contributed by atoms with E-state index in [-0.39, 0.29) is 24.9 Å². The van der Waals surface area contributed by atoms with Crippen LogP contribution in [-0.2, 0) is 10.3 Å². The van der Waals surface area contributed by atoms with Gasteiger partial charge in [0, 0.05) is 43.8 Å². The summed E-state index contributed by atoms with van der Waals surface area (Å²) in [5, 5.41) is 9.60. The molecule has 0 radical (unpaired) electrons. The Morgan fingerprint density at radius 3 is 2.39 bits per heavy atom. The molecule has 1 fully saturated rings. The number of ether oxygens (including phenoxy) is 2. The number of carbonyl (C=O) groups excluding carboxylic acids is 1. The Labute approximate surface area is 192 Å². The first kappa shape index (κ1) is 22.7. The van der Waals surface area contributed by atoms with Crippen LogP contribution in [0.25, 0.3) is 11.1 Å². The number of benzene rings is 2. The second-order valence-corrected chi connectivity index (χ2v) is 8.17. The number of hydrogen-bond donors (Lipinski definition) is 1. The molecule has 1 aliphatic heterocycles. The number of cyclic esters (lactones) is 1. The molecule has 0 spiro atoms. The zero-order valence-electron chi connectivity index (χ0n) is 18.7. The molecule has 1 N–H and O–H groups in total. The van der Waals surface area contributed by atoms with E-state index in [9.17, 15) is 14.3 Å². The Morgan fingerprint density at radius 1 is 1.12 bits per heavy atom. The second kappa shape index (κ2) is 9.58. The molecular formula is C26H27FN2O4. The Hall–Kier alpha value is -3.45. The number of aliphatic hydroxyl groups is 1. The van der Waals surface area contributed by atoms with Crippen molar-refractivity contribution in [3.63, 3.8) is 0 Å². The molecule has 6 nitrogen and oxygen atoms in total. The maximum absolute atomic E-state index is 13.4. The predicted octanol–water partition coefficient (Wildman–Crippen LogP) is 5.08. The van der Waals surface area contributed by atoms with Gasteiger partial charge in [0.15, 0.2) is 0 Å². The van der Waals surface area contributed by atoms with E-state index in [1.807, 2.05) is 43.3 Å². The minimum absolute atomic E-state index is 0.137. The van der Waals surface area contributed by atoms with E-state index >= 15 is 0 Å². The van der Waals surface area contributed by atoms with Gasteiger partial charge in [-0.2, -0.15) is 0 Å². The van der Waals surface area contributed by atoms with Crippen LogP contribution in [0, 0.1) is 5.82 Å². The molecule has 4 rings (SSSR count). The number of halogens is 1. The minimum atomic E-state index is -0.957. The largest absolute Gasteiger partial charge is 0.481 e. The summed E-state index contributed by atoms with van der Waals surface area (Å²) in [6.07, 6.45) is 2.08. The van der Waals surface area contributed by atoms with E-state index < -0.39 is 11.7 Å². The number of nitrogens with zero attached hydrogens (tertiary/aromatic N) is 2. The molecule has 33 heavy (non-hydrogen) atoms. The minimum Gasteiger partial charge on any atom is -0.481 e. The summed E-state index contributed by atoms with van der Waals surface area (Å²) in [5.74, 6) is 0.203. The molecule has 2 aromatic carbocycles. The summed E-state index contributed by atoms with van der Waals surface area (Å²) >= 11 is 0. The van der Waals surface area contributed by atoms with Crippen LogP contribution < -0.4 is 4.74 Å². The van der Waals surface area contributed by atoms with Gasteiger partial charge in [0.05, 0.1) is 13.2 Å². The molecule has 0 saturated carbocycles. The highest BCUT2D eigenvalue weighted by atomic mass is 19.1. The maximum Gasteiger partial charge on any atom is 0.411 e. The Bertz CT molecular complexity index is 1090. The normalized spacial score (nSPS) is 19.2. The second-order valence-electron chi connectivity index (χ2n) is 8.17. The Kier molecular flexibility index (Phi) is 6.60. The van der Waals surface area contributed by atoms with Gasteiger partial charge in [-0.25, -0.2) is 14.2 Å². The lowest BCUT2D eigenvalue weighted by Gasteiger charge is -2.43. The molecule has 7 heteroatoms. The lowest BCUT2D eigenvalue weighted by atomic mass is 9.85. The third kappa shape index (κ3) is 4.68. The first-order valence-electron chi connectivity index (χ1n) is 10.9. The first-order valence-corrected chi connectivity index (χ1v) is 10.9. The molecule has 2 atom stereocenters. The SMILES string of the molecule is COc1ccc(-c2ccc([C@H](C)N3CCC(CCO)(c4ccc(F)cc4)OC3=O)cc2)cn1. The molecule has 0 bridgehead atoms. The van der Waals surface area contributed by atoms with Crippen molar-refractivity contribution >= 4 is 6.09 Å². The summed E-state index contributed by atoms with van der Waals surface area (Å²) in [6.45, 7) is 2.28. The fourth-order valence-corrected chi connectivity index (χ4v) is 4.28. The van der Waals surface area contributed by atoms with Crippen LogP contribution in [0.5, 0.6) is 5.88 Å². The lowest BCUT2D eigenvalue weighted by Crippen LogP contribution is -2.49. The van der Waals surface area contributed by atoms with Gasteiger partial charge in [0.1, 0.15) is 11.4 Å². The number of aliphatic hydroxyl groups excluding tert-OH is 1.